The molecule has 0 aromatic heterocycles. The highest BCUT2D eigenvalue weighted by Gasteiger charge is 2.39. The SMILES string of the molecule is CC(C)CNC1CC(O)C(O)CC1c1cc2c(c(O)c1C(N)=O)OCO2. The summed E-state index contributed by atoms with van der Waals surface area (Å²) in [6, 6.07) is 1.45. The third-order valence-electron chi connectivity index (χ3n) is 5.02. The molecular weight excluding hydrogens is 340 g/mol. The average Bonchev–Trinajstić information content (AvgIpc) is 3.03. The van der Waals surface area contributed by atoms with Gasteiger partial charge in [0, 0.05) is 12.0 Å². The number of phenols is 1. The Kier molecular flexibility index (Phi) is 5.27. The Morgan fingerprint density at radius 2 is 2.00 bits per heavy atom. The van der Waals surface area contributed by atoms with Crippen molar-refractivity contribution < 1.29 is 29.6 Å². The van der Waals surface area contributed by atoms with E-state index in [1.807, 2.05) is 0 Å². The molecule has 1 aromatic rings. The van der Waals surface area contributed by atoms with E-state index < -0.39 is 18.1 Å². The van der Waals surface area contributed by atoms with E-state index in [1.54, 1.807) is 6.07 Å². The predicted octanol–water partition coefficient (Wildman–Crippen LogP) is 0.433. The van der Waals surface area contributed by atoms with Crippen LogP contribution in [0.1, 0.15) is 48.5 Å². The molecule has 0 radical (unpaired) electrons. The summed E-state index contributed by atoms with van der Waals surface area (Å²) in [5.41, 5.74) is 5.98. The Labute approximate surface area is 151 Å². The maximum atomic E-state index is 12.0. The van der Waals surface area contributed by atoms with Crippen molar-refractivity contribution >= 4 is 5.91 Å². The highest BCUT2D eigenvalue weighted by Crippen LogP contribution is 2.48. The van der Waals surface area contributed by atoms with Crippen LogP contribution in [-0.4, -0.2) is 52.8 Å². The number of aliphatic hydroxyl groups excluding tert-OH is 2. The van der Waals surface area contributed by atoms with Crippen LogP contribution >= 0.6 is 0 Å². The average molecular weight is 366 g/mol. The minimum atomic E-state index is -0.926. The van der Waals surface area contributed by atoms with Crippen molar-refractivity contribution in [3.05, 3.63) is 17.2 Å². The molecule has 1 amide bonds. The number of nitrogens with two attached hydrogens (primary N) is 1. The van der Waals surface area contributed by atoms with Crippen molar-refractivity contribution in [3.63, 3.8) is 0 Å². The maximum Gasteiger partial charge on any atom is 0.252 e. The van der Waals surface area contributed by atoms with Gasteiger partial charge in [-0.2, -0.15) is 0 Å². The second-order valence-electron chi connectivity index (χ2n) is 7.41. The lowest BCUT2D eigenvalue weighted by atomic mass is 9.75. The first-order valence-corrected chi connectivity index (χ1v) is 8.84. The molecule has 1 heterocycles. The van der Waals surface area contributed by atoms with E-state index in [2.05, 4.69) is 19.2 Å². The van der Waals surface area contributed by atoms with Crippen LogP contribution in [0.5, 0.6) is 17.2 Å². The molecular formula is C18H26N2O6. The Morgan fingerprint density at radius 1 is 1.31 bits per heavy atom. The van der Waals surface area contributed by atoms with Crippen molar-refractivity contribution in [2.24, 2.45) is 11.7 Å². The molecule has 1 fully saturated rings. The van der Waals surface area contributed by atoms with Gasteiger partial charge >= 0.3 is 0 Å². The van der Waals surface area contributed by atoms with E-state index in [1.165, 1.54) is 0 Å². The molecule has 6 N–H and O–H groups in total. The lowest BCUT2D eigenvalue weighted by Gasteiger charge is -2.39. The molecule has 0 bridgehead atoms. The van der Waals surface area contributed by atoms with Gasteiger partial charge in [-0.1, -0.05) is 13.8 Å². The Bertz CT molecular complexity index is 693. The number of amides is 1. The first-order chi connectivity index (χ1) is 12.3. The molecule has 1 saturated carbocycles. The van der Waals surface area contributed by atoms with E-state index in [0.717, 1.165) is 0 Å². The fourth-order valence-corrected chi connectivity index (χ4v) is 3.72. The van der Waals surface area contributed by atoms with Gasteiger partial charge in [0.05, 0.1) is 17.8 Å². The molecule has 3 rings (SSSR count). The highest BCUT2D eigenvalue weighted by molar-refractivity contribution is 5.99. The van der Waals surface area contributed by atoms with Crippen LogP contribution in [0.15, 0.2) is 6.07 Å². The van der Waals surface area contributed by atoms with Gasteiger partial charge in [0.15, 0.2) is 11.5 Å². The molecule has 0 spiro atoms. The third-order valence-corrected chi connectivity index (χ3v) is 5.02. The number of benzene rings is 1. The molecule has 2 aliphatic rings. The number of fused-ring (bicyclic) bond motifs is 1. The summed E-state index contributed by atoms with van der Waals surface area (Å²) in [5, 5.41) is 34.1. The lowest BCUT2D eigenvalue weighted by molar-refractivity contribution is -0.0258. The van der Waals surface area contributed by atoms with Crippen LogP contribution in [0.3, 0.4) is 0 Å². The van der Waals surface area contributed by atoms with Crippen molar-refractivity contribution in [2.75, 3.05) is 13.3 Å². The minimum Gasteiger partial charge on any atom is -0.504 e. The number of hydrogen-bond donors (Lipinski definition) is 5. The standard InChI is InChI=1S/C18H26N2O6/c1-8(2)6-20-11-5-13(22)12(21)3-9(11)10-4-14-17(26-7-25-14)16(23)15(10)18(19)24/h4,8-9,11-13,20-23H,3,5-7H2,1-2H3,(H2,19,24). The van der Waals surface area contributed by atoms with Gasteiger partial charge < -0.3 is 35.8 Å². The topological polar surface area (TPSA) is 134 Å². The Balaban J connectivity index is 2.03. The first kappa shape index (κ1) is 18.8. The molecule has 8 nitrogen and oxygen atoms in total. The number of primary amides is 1. The predicted molar refractivity (Wildman–Crippen MR) is 93.4 cm³/mol. The van der Waals surface area contributed by atoms with Gasteiger partial charge in [-0.15, -0.1) is 0 Å². The quantitative estimate of drug-likeness (QED) is 0.510. The molecule has 26 heavy (non-hydrogen) atoms. The number of nitrogens with one attached hydrogen (secondary N) is 1. The lowest BCUT2D eigenvalue weighted by Crippen LogP contribution is -2.48. The van der Waals surface area contributed by atoms with Crippen molar-refractivity contribution in [3.8, 4) is 17.2 Å². The molecule has 1 aliphatic carbocycles. The summed E-state index contributed by atoms with van der Waals surface area (Å²) < 4.78 is 10.6. The zero-order valence-corrected chi connectivity index (χ0v) is 14.9. The van der Waals surface area contributed by atoms with Gasteiger partial charge in [-0.25, -0.2) is 0 Å². The fourth-order valence-electron chi connectivity index (χ4n) is 3.72. The van der Waals surface area contributed by atoms with E-state index >= 15 is 0 Å². The molecule has 1 aliphatic heterocycles. The van der Waals surface area contributed by atoms with Gasteiger partial charge in [0.1, 0.15) is 0 Å². The van der Waals surface area contributed by atoms with Gasteiger partial charge in [-0.3, -0.25) is 4.79 Å². The molecule has 0 saturated heterocycles. The van der Waals surface area contributed by atoms with Crippen LogP contribution in [-0.2, 0) is 0 Å². The summed E-state index contributed by atoms with van der Waals surface area (Å²) in [5.74, 6) is -0.614. The highest BCUT2D eigenvalue weighted by atomic mass is 16.7. The summed E-state index contributed by atoms with van der Waals surface area (Å²) in [4.78, 5) is 12.0. The van der Waals surface area contributed by atoms with E-state index in [0.29, 0.717) is 30.2 Å². The first-order valence-electron chi connectivity index (χ1n) is 8.84. The van der Waals surface area contributed by atoms with Crippen molar-refractivity contribution in [2.45, 2.75) is 50.9 Å². The van der Waals surface area contributed by atoms with Crippen molar-refractivity contribution in [1.29, 1.82) is 0 Å². The van der Waals surface area contributed by atoms with Crippen LogP contribution in [0.2, 0.25) is 0 Å². The van der Waals surface area contributed by atoms with E-state index in [9.17, 15) is 20.1 Å². The number of carbonyl (C=O) groups is 1. The zero-order chi connectivity index (χ0) is 19.0. The molecule has 4 atom stereocenters. The molecule has 1 aromatic carbocycles. The smallest absolute Gasteiger partial charge is 0.252 e. The van der Waals surface area contributed by atoms with Crippen LogP contribution in [0, 0.1) is 5.92 Å². The van der Waals surface area contributed by atoms with Crippen LogP contribution < -0.4 is 20.5 Å². The van der Waals surface area contributed by atoms with E-state index in [-0.39, 0.29) is 42.2 Å². The number of ether oxygens (including phenoxy) is 2. The Morgan fingerprint density at radius 3 is 2.65 bits per heavy atom. The summed E-state index contributed by atoms with van der Waals surface area (Å²) in [7, 11) is 0. The van der Waals surface area contributed by atoms with Crippen LogP contribution in [0.4, 0.5) is 0 Å². The maximum absolute atomic E-state index is 12.0. The third kappa shape index (κ3) is 3.44. The monoisotopic (exact) mass is 366 g/mol. The largest absolute Gasteiger partial charge is 0.504 e. The number of aromatic hydroxyl groups is 1. The fraction of sp³-hybridized carbons (Fsp3) is 0.611. The number of aliphatic hydroxyl groups is 2. The van der Waals surface area contributed by atoms with Gasteiger partial charge in [0.2, 0.25) is 12.5 Å². The summed E-state index contributed by atoms with van der Waals surface area (Å²) in [6.07, 6.45) is -1.22. The number of hydrogen-bond acceptors (Lipinski definition) is 7. The zero-order valence-electron chi connectivity index (χ0n) is 14.9. The summed E-state index contributed by atoms with van der Waals surface area (Å²) >= 11 is 0. The van der Waals surface area contributed by atoms with Gasteiger partial charge in [-0.05, 0) is 36.9 Å². The Hall–Kier alpha value is -2.03. The molecule has 8 heteroatoms. The second-order valence-corrected chi connectivity index (χ2v) is 7.41. The second kappa shape index (κ2) is 7.30. The van der Waals surface area contributed by atoms with E-state index in [4.69, 9.17) is 15.2 Å². The molecule has 4 unspecified atom stereocenters. The van der Waals surface area contributed by atoms with Gasteiger partial charge in [0.25, 0.3) is 5.91 Å². The van der Waals surface area contributed by atoms with Crippen LogP contribution in [0.25, 0.3) is 0 Å². The number of rotatable bonds is 5. The van der Waals surface area contributed by atoms with Crippen molar-refractivity contribution in [1.82, 2.24) is 5.32 Å². The minimum absolute atomic E-state index is 0.0285. The normalized spacial score (nSPS) is 27.7. The summed E-state index contributed by atoms with van der Waals surface area (Å²) in [6.45, 7) is 4.80. The molecule has 144 valence electrons. The number of carbonyl (C=O) groups excluding carboxylic acids is 1.